The van der Waals surface area contributed by atoms with Crippen LogP contribution in [0.5, 0.6) is 0 Å². The van der Waals surface area contributed by atoms with Crippen LogP contribution in [0.25, 0.3) is 30.5 Å². The van der Waals surface area contributed by atoms with Gasteiger partial charge < -0.3 is 0 Å². The van der Waals surface area contributed by atoms with E-state index in [-0.39, 0.29) is 63.1 Å². The van der Waals surface area contributed by atoms with Gasteiger partial charge in [-0.25, -0.2) is 30.5 Å². The van der Waals surface area contributed by atoms with Crippen LogP contribution in [0.2, 0.25) is 0 Å². The summed E-state index contributed by atoms with van der Waals surface area (Å²) < 4.78 is 0. The van der Waals surface area contributed by atoms with E-state index in [1.807, 2.05) is 48.5 Å². The van der Waals surface area contributed by atoms with Gasteiger partial charge in [-0.1, -0.05) is 239 Å². The summed E-state index contributed by atoms with van der Waals surface area (Å²) in [4.78, 5) is 15.0. The third-order valence-electron chi connectivity index (χ3n) is 12.8. The SMILES string of the molecule is [C-]#[N+]c1c(C(C)(C)C)cccc1C(C)(C)C.[C-]#[N+]c1c(C(C)(C)C)cccc1C(C)(C)C.[C-]#[N+]c1c(C(C)(C)C)cccc1C(C)(C)C.[C-]#[N+]c1c(C(C)(C)C)cccc1C(C)(C)C.[Os+6].[c-]1ccccc1-c1[c-]cccc1. The Morgan fingerprint density at radius 3 is 0.506 bits per heavy atom. The third kappa shape index (κ3) is 20.3. The molecule has 0 aliphatic heterocycles. The van der Waals surface area contributed by atoms with E-state index in [1.54, 1.807) is 0 Å². The van der Waals surface area contributed by atoms with Gasteiger partial charge in [-0.2, -0.15) is 48.5 Å². The fraction of sp³-hybridized carbons (Fsp3) is 0.444. The number of hydrogen-bond acceptors (Lipinski definition) is 0. The molecule has 0 atom stereocenters. The molecule has 0 bridgehead atoms. The molecule has 404 valence electrons. The number of para-hydroxylation sites is 4. The molecule has 0 aliphatic carbocycles. The standard InChI is InChI=1S/4C15H21N.C12H8.Os/c4*1-14(2,3)11-9-8-10-12(13(11)16-7)15(4,5)6;1-3-7-11(8-4-1)12-9-5-2-6-10-12;/h4*8-10H,1-6H3;1-7,9H;/q;;;;-2;+6. The number of nitrogens with zero attached hydrogens (tertiary/aromatic N) is 4. The second-order valence-corrected chi connectivity index (χ2v) is 27.8. The molecular weight excluding hydrogens is 1110 g/mol. The first kappa shape index (κ1) is 68.9. The molecule has 0 saturated carbocycles. The molecule has 0 fully saturated rings. The smallest absolute Gasteiger partial charge is 0.238 e. The number of hydrogen-bond donors (Lipinski definition) is 0. The van der Waals surface area contributed by atoms with Crippen LogP contribution in [0.4, 0.5) is 22.7 Å². The zero-order valence-electron chi connectivity index (χ0n) is 51.7. The van der Waals surface area contributed by atoms with E-state index in [2.05, 4.69) is 270 Å². The second kappa shape index (κ2) is 27.5. The molecule has 0 radical (unpaired) electrons. The summed E-state index contributed by atoms with van der Waals surface area (Å²) in [5.74, 6) is 0. The molecule has 0 amide bonds. The van der Waals surface area contributed by atoms with Crippen molar-refractivity contribution in [3.63, 3.8) is 0 Å². The van der Waals surface area contributed by atoms with E-state index >= 15 is 0 Å². The van der Waals surface area contributed by atoms with Gasteiger partial charge in [0.05, 0.1) is 26.3 Å². The molecule has 0 heterocycles. The minimum atomic E-state index is 0. The largest absolute Gasteiger partial charge is 6.00 e. The van der Waals surface area contributed by atoms with Gasteiger partial charge in [-0.3, -0.25) is 0 Å². The first-order chi connectivity index (χ1) is 34.7. The average Bonchev–Trinajstić information content (AvgIpc) is 3.32. The summed E-state index contributed by atoms with van der Waals surface area (Å²) in [6.45, 7) is 81.4. The summed E-state index contributed by atoms with van der Waals surface area (Å²) in [5.41, 5.74) is 14.9. The summed E-state index contributed by atoms with van der Waals surface area (Å²) in [6, 6.07) is 47.0. The van der Waals surface area contributed by atoms with Crippen LogP contribution in [-0.2, 0) is 63.1 Å². The Morgan fingerprint density at radius 2 is 0.403 bits per heavy atom. The van der Waals surface area contributed by atoms with E-state index in [4.69, 9.17) is 26.3 Å². The van der Waals surface area contributed by atoms with Crippen LogP contribution in [-0.4, -0.2) is 0 Å². The van der Waals surface area contributed by atoms with Crippen molar-refractivity contribution in [3.8, 4) is 11.1 Å². The maximum atomic E-state index is 7.41. The molecule has 0 N–H and O–H groups in total. The van der Waals surface area contributed by atoms with E-state index in [9.17, 15) is 0 Å². The molecule has 0 aliphatic rings. The van der Waals surface area contributed by atoms with Crippen molar-refractivity contribution in [1.29, 1.82) is 0 Å². The summed E-state index contributed by atoms with van der Waals surface area (Å²) in [7, 11) is 0. The van der Waals surface area contributed by atoms with Gasteiger partial charge in [-0.05, 0) is 87.8 Å². The van der Waals surface area contributed by atoms with Crippen molar-refractivity contribution in [2.75, 3.05) is 0 Å². The maximum absolute atomic E-state index is 7.41. The Bertz CT molecular complexity index is 2490. The molecule has 4 nitrogen and oxygen atoms in total. The van der Waals surface area contributed by atoms with Crippen molar-refractivity contribution in [3.05, 3.63) is 224 Å². The minimum Gasteiger partial charge on any atom is -0.238 e. The van der Waals surface area contributed by atoms with E-state index in [0.717, 1.165) is 78.4 Å². The van der Waals surface area contributed by atoms with Crippen LogP contribution in [0, 0.1) is 38.4 Å². The van der Waals surface area contributed by atoms with Gasteiger partial charge in [0.25, 0.3) is 0 Å². The van der Waals surface area contributed by atoms with Gasteiger partial charge in [0.15, 0.2) is 22.7 Å². The Balaban J connectivity index is 0.000000481. The van der Waals surface area contributed by atoms with Crippen LogP contribution in [0.3, 0.4) is 0 Å². The van der Waals surface area contributed by atoms with Crippen molar-refractivity contribution < 1.29 is 19.8 Å². The molecule has 6 aromatic rings. The van der Waals surface area contributed by atoms with Gasteiger partial charge in [0.2, 0.25) is 0 Å². The summed E-state index contributed by atoms with van der Waals surface area (Å²) in [5, 5.41) is 0. The van der Waals surface area contributed by atoms with Crippen molar-refractivity contribution in [1.82, 2.24) is 0 Å². The van der Waals surface area contributed by atoms with Crippen LogP contribution < -0.4 is 0 Å². The molecule has 77 heavy (non-hydrogen) atoms. The Kier molecular flexibility index (Phi) is 24.6. The van der Waals surface area contributed by atoms with Crippen molar-refractivity contribution in [2.24, 2.45) is 0 Å². The second-order valence-electron chi connectivity index (χ2n) is 27.8. The predicted molar refractivity (Wildman–Crippen MR) is 330 cm³/mol. The van der Waals surface area contributed by atoms with Crippen LogP contribution in [0.1, 0.15) is 211 Å². The summed E-state index contributed by atoms with van der Waals surface area (Å²) in [6.07, 6.45) is 0. The van der Waals surface area contributed by atoms with Crippen LogP contribution in [0.15, 0.2) is 121 Å². The monoisotopic (exact) mass is 1200 g/mol. The zero-order chi connectivity index (χ0) is 58.5. The van der Waals surface area contributed by atoms with Gasteiger partial charge in [-0.15, -0.1) is 12.1 Å². The molecule has 0 spiro atoms. The minimum absolute atomic E-state index is 0. The fourth-order valence-electron chi connectivity index (χ4n) is 8.62. The van der Waals surface area contributed by atoms with Crippen molar-refractivity contribution >= 4 is 22.7 Å². The topological polar surface area (TPSA) is 17.4 Å². The van der Waals surface area contributed by atoms with E-state index in [1.165, 1.54) is 0 Å². The third-order valence-corrected chi connectivity index (χ3v) is 12.8. The van der Waals surface area contributed by atoms with Gasteiger partial charge in [0.1, 0.15) is 0 Å². The quantitative estimate of drug-likeness (QED) is 0.146. The molecule has 0 unspecified atom stereocenters. The van der Waals surface area contributed by atoms with Gasteiger partial charge in [0, 0.05) is 0 Å². The number of rotatable bonds is 1. The zero-order valence-corrected chi connectivity index (χ0v) is 54.2. The number of benzene rings is 6. The van der Waals surface area contributed by atoms with Crippen molar-refractivity contribution in [2.45, 2.75) is 209 Å². The maximum Gasteiger partial charge on any atom is 6.00 e. The van der Waals surface area contributed by atoms with Crippen LogP contribution >= 0.6 is 0 Å². The molecule has 0 aromatic heterocycles. The molecular formula is C72H92N4Os+4. The first-order valence-electron chi connectivity index (χ1n) is 26.7. The molecule has 0 saturated heterocycles. The molecule has 6 rings (SSSR count). The Morgan fingerprint density at radius 1 is 0.247 bits per heavy atom. The average molecular weight is 1200 g/mol. The van der Waals surface area contributed by atoms with E-state index in [0.29, 0.717) is 0 Å². The first-order valence-corrected chi connectivity index (χ1v) is 26.7. The predicted octanol–water partition coefficient (Wildman–Crippen LogP) is 22.3. The Hall–Kier alpha value is -6.08. The molecule has 5 heteroatoms. The summed E-state index contributed by atoms with van der Waals surface area (Å²) >= 11 is 0. The molecule has 6 aromatic carbocycles. The normalized spacial score (nSPS) is 11.7. The fourth-order valence-corrected chi connectivity index (χ4v) is 8.62. The van der Waals surface area contributed by atoms with Gasteiger partial charge >= 0.3 is 19.8 Å². The van der Waals surface area contributed by atoms with E-state index < -0.39 is 0 Å². The Labute approximate surface area is 483 Å².